The second kappa shape index (κ2) is 8.68. The average Bonchev–Trinajstić information content (AvgIpc) is 2.67. The Morgan fingerprint density at radius 2 is 1.88 bits per heavy atom. The van der Waals surface area contributed by atoms with E-state index >= 15 is 0 Å². The lowest BCUT2D eigenvalue weighted by atomic mass is 10.3. The summed E-state index contributed by atoms with van der Waals surface area (Å²) in [7, 11) is 0. The molecule has 6 nitrogen and oxygen atoms in total. The van der Waals surface area contributed by atoms with Gasteiger partial charge in [-0.05, 0) is 32.0 Å². The number of amides is 1. The smallest absolute Gasteiger partial charge is 0.283 e. The second-order valence-corrected chi connectivity index (χ2v) is 7.43. The van der Waals surface area contributed by atoms with E-state index in [0.29, 0.717) is 11.6 Å². The number of hydrogen-bond acceptors (Lipinski definition) is 5. The number of piperazine rings is 1. The van der Waals surface area contributed by atoms with Crippen LogP contribution in [0.25, 0.3) is 11.0 Å². The molecular weight excluding hydrogens is 348 g/mol. The van der Waals surface area contributed by atoms with Gasteiger partial charge < -0.3 is 9.47 Å². The van der Waals surface area contributed by atoms with Crippen LogP contribution in [-0.4, -0.2) is 63.7 Å². The molecule has 0 aliphatic carbocycles. The van der Waals surface area contributed by atoms with E-state index in [9.17, 15) is 9.59 Å². The van der Waals surface area contributed by atoms with Gasteiger partial charge in [0.05, 0.1) is 16.8 Å². The Morgan fingerprint density at radius 3 is 2.58 bits per heavy atom. The van der Waals surface area contributed by atoms with E-state index in [1.54, 1.807) is 4.57 Å². The third kappa shape index (κ3) is 4.10. The first-order valence-corrected chi connectivity index (χ1v) is 10.2. The largest absolute Gasteiger partial charge is 0.339 e. The number of aromatic nitrogens is 2. The van der Waals surface area contributed by atoms with Crippen LogP contribution in [0.2, 0.25) is 0 Å². The van der Waals surface area contributed by atoms with Crippen molar-refractivity contribution in [1.82, 2.24) is 19.4 Å². The molecule has 1 saturated heterocycles. The van der Waals surface area contributed by atoms with Crippen LogP contribution in [0, 0.1) is 0 Å². The minimum atomic E-state index is -0.114. The van der Waals surface area contributed by atoms with Crippen molar-refractivity contribution in [2.75, 3.05) is 38.5 Å². The maximum atomic E-state index is 12.7. The molecule has 1 aromatic heterocycles. The van der Waals surface area contributed by atoms with Gasteiger partial charge in [0.15, 0.2) is 5.03 Å². The zero-order valence-corrected chi connectivity index (χ0v) is 16.3. The summed E-state index contributed by atoms with van der Waals surface area (Å²) in [4.78, 5) is 34.0. The van der Waals surface area contributed by atoms with Gasteiger partial charge in [0, 0.05) is 32.7 Å². The van der Waals surface area contributed by atoms with Gasteiger partial charge in [-0.2, -0.15) is 0 Å². The van der Waals surface area contributed by atoms with Crippen molar-refractivity contribution in [2.45, 2.75) is 31.8 Å². The lowest BCUT2D eigenvalue weighted by Crippen LogP contribution is -2.49. The fraction of sp³-hybridized carbons (Fsp3) is 0.526. The van der Waals surface area contributed by atoms with Gasteiger partial charge >= 0.3 is 0 Å². The quantitative estimate of drug-likeness (QED) is 0.725. The highest BCUT2D eigenvalue weighted by atomic mass is 32.2. The third-order valence-corrected chi connectivity index (χ3v) is 5.67. The minimum Gasteiger partial charge on any atom is -0.339 e. The minimum absolute atomic E-state index is 0.0866. The summed E-state index contributed by atoms with van der Waals surface area (Å²) in [5, 5.41) is 0.406. The summed E-state index contributed by atoms with van der Waals surface area (Å²) in [6.45, 7) is 9.20. The van der Waals surface area contributed by atoms with Gasteiger partial charge in [-0.25, -0.2) is 4.98 Å². The normalized spacial score (nSPS) is 15.5. The molecule has 0 atom stereocenters. The van der Waals surface area contributed by atoms with Crippen molar-refractivity contribution in [3.63, 3.8) is 0 Å². The van der Waals surface area contributed by atoms with Crippen LogP contribution in [-0.2, 0) is 11.3 Å². The Hall–Kier alpha value is -1.86. The lowest BCUT2D eigenvalue weighted by Gasteiger charge is -2.34. The summed E-state index contributed by atoms with van der Waals surface area (Å²) in [6.07, 6.45) is 1.14. The highest BCUT2D eigenvalue weighted by Gasteiger charge is 2.21. The zero-order valence-electron chi connectivity index (χ0n) is 15.5. The molecule has 0 radical (unpaired) electrons. The van der Waals surface area contributed by atoms with Crippen LogP contribution in [0.15, 0.2) is 34.1 Å². The van der Waals surface area contributed by atoms with Gasteiger partial charge in [0.1, 0.15) is 0 Å². The molecule has 1 fully saturated rings. The summed E-state index contributed by atoms with van der Waals surface area (Å²) < 4.78 is 1.72. The number of para-hydroxylation sites is 2. The number of rotatable bonds is 6. The van der Waals surface area contributed by atoms with E-state index in [1.807, 2.05) is 36.1 Å². The van der Waals surface area contributed by atoms with E-state index in [-0.39, 0.29) is 17.2 Å². The topological polar surface area (TPSA) is 58.4 Å². The average molecular weight is 375 g/mol. The van der Waals surface area contributed by atoms with Gasteiger partial charge in [0.2, 0.25) is 5.91 Å². The number of nitrogens with zero attached hydrogens (tertiary/aromatic N) is 4. The van der Waals surface area contributed by atoms with Crippen LogP contribution in [0.1, 0.15) is 20.3 Å². The summed E-state index contributed by atoms with van der Waals surface area (Å²) in [5.74, 6) is 0.349. The van der Waals surface area contributed by atoms with Gasteiger partial charge in [-0.3, -0.25) is 14.5 Å². The fourth-order valence-electron chi connectivity index (χ4n) is 3.34. The van der Waals surface area contributed by atoms with Crippen LogP contribution in [0.4, 0.5) is 0 Å². The molecule has 2 aromatic rings. The molecule has 26 heavy (non-hydrogen) atoms. The number of hydrogen-bond donors (Lipinski definition) is 0. The van der Waals surface area contributed by atoms with Crippen LogP contribution in [0.5, 0.6) is 0 Å². The maximum absolute atomic E-state index is 12.7. The predicted molar refractivity (Wildman–Crippen MR) is 106 cm³/mol. The van der Waals surface area contributed by atoms with Gasteiger partial charge in [-0.1, -0.05) is 30.8 Å². The molecule has 0 N–H and O–H groups in total. The summed E-state index contributed by atoms with van der Waals surface area (Å²) in [6, 6.07) is 7.63. The van der Waals surface area contributed by atoms with E-state index < -0.39 is 0 Å². The Morgan fingerprint density at radius 1 is 1.15 bits per heavy atom. The lowest BCUT2D eigenvalue weighted by molar-refractivity contribution is -0.130. The fourth-order valence-corrected chi connectivity index (χ4v) is 4.17. The molecule has 0 unspecified atom stereocenters. The molecule has 0 saturated carbocycles. The highest BCUT2D eigenvalue weighted by molar-refractivity contribution is 7.99. The molecule has 1 aliphatic rings. The number of aryl methyl sites for hydroxylation is 1. The van der Waals surface area contributed by atoms with Crippen LogP contribution < -0.4 is 5.56 Å². The molecular formula is C19H26N4O2S. The Labute approximate surface area is 158 Å². The SMILES string of the molecule is CCCN1CCN(C(=O)CSc2nc3ccccc3n(CC)c2=O)CC1. The van der Waals surface area contributed by atoms with E-state index in [2.05, 4.69) is 16.8 Å². The Bertz CT molecular complexity index is 828. The molecule has 0 bridgehead atoms. The molecule has 1 aliphatic heterocycles. The highest BCUT2D eigenvalue weighted by Crippen LogP contribution is 2.17. The molecule has 2 heterocycles. The van der Waals surface area contributed by atoms with E-state index in [1.165, 1.54) is 11.8 Å². The van der Waals surface area contributed by atoms with E-state index in [0.717, 1.165) is 50.2 Å². The summed E-state index contributed by atoms with van der Waals surface area (Å²) >= 11 is 1.25. The maximum Gasteiger partial charge on any atom is 0.283 e. The first-order valence-electron chi connectivity index (χ1n) is 9.26. The second-order valence-electron chi connectivity index (χ2n) is 6.47. The molecule has 1 aromatic carbocycles. The van der Waals surface area contributed by atoms with Crippen molar-refractivity contribution in [3.05, 3.63) is 34.6 Å². The number of benzene rings is 1. The van der Waals surface area contributed by atoms with Crippen molar-refractivity contribution in [1.29, 1.82) is 0 Å². The molecule has 3 rings (SSSR count). The van der Waals surface area contributed by atoms with Gasteiger partial charge in [-0.15, -0.1) is 0 Å². The van der Waals surface area contributed by atoms with Crippen LogP contribution >= 0.6 is 11.8 Å². The number of thioether (sulfide) groups is 1. The zero-order chi connectivity index (χ0) is 18.5. The van der Waals surface area contributed by atoms with Crippen molar-refractivity contribution >= 4 is 28.7 Å². The first-order chi connectivity index (χ1) is 12.6. The molecule has 140 valence electrons. The van der Waals surface area contributed by atoms with E-state index in [4.69, 9.17) is 0 Å². The summed E-state index contributed by atoms with van der Waals surface area (Å²) in [5.41, 5.74) is 1.51. The van der Waals surface area contributed by atoms with Crippen molar-refractivity contribution in [3.8, 4) is 0 Å². The van der Waals surface area contributed by atoms with Crippen molar-refractivity contribution in [2.24, 2.45) is 0 Å². The Balaban J connectivity index is 1.67. The number of carbonyl (C=O) groups excluding carboxylic acids is 1. The standard InChI is InChI=1S/C19H26N4O2S/c1-3-9-21-10-12-22(13-11-21)17(24)14-26-18-19(25)23(4-2)16-8-6-5-7-15(16)20-18/h5-8H,3-4,9-14H2,1-2H3. The molecule has 0 spiro atoms. The van der Waals surface area contributed by atoms with Crippen LogP contribution in [0.3, 0.4) is 0 Å². The number of carbonyl (C=O) groups is 1. The number of fused-ring (bicyclic) bond motifs is 1. The first kappa shape index (κ1) is 18.9. The van der Waals surface area contributed by atoms with Gasteiger partial charge in [0.25, 0.3) is 5.56 Å². The molecule has 7 heteroatoms. The Kier molecular flexibility index (Phi) is 6.32. The molecule has 1 amide bonds. The monoisotopic (exact) mass is 374 g/mol. The van der Waals surface area contributed by atoms with Crippen molar-refractivity contribution < 1.29 is 4.79 Å². The third-order valence-electron chi connectivity index (χ3n) is 4.74. The predicted octanol–water partition coefficient (Wildman–Crippen LogP) is 2.06.